The molecule has 2 unspecified atom stereocenters. The lowest BCUT2D eigenvalue weighted by Gasteiger charge is -2.24. The third-order valence-electron chi connectivity index (χ3n) is 2.76. The number of benzene rings is 1. The van der Waals surface area contributed by atoms with Gasteiger partial charge in [-0.05, 0) is 30.5 Å². The zero-order valence-electron chi connectivity index (χ0n) is 10.2. The van der Waals surface area contributed by atoms with E-state index in [0.29, 0.717) is 11.6 Å². The Kier molecular flexibility index (Phi) is 4.42. The minimum atomic E-state index is -0.515. The van der Waals surface area contributed by atoms with E-state index in [9.17, 15) is 8.78 Å². The van der Waals surface area contributed by atoms with E-state index in [1.807, 2.05) is 13.8 Å². The van der Waals surface area contributed by atoms with Gasteiger partial charge in [0, 0.05) is 18.2 Å². The molecule has 0 aromatic heterocycles. The summed E-state index contributed by atoms with van der Waals surface area (Å²) < 4.78 is 26.1. The largest absolute Gasteiger partial charge is 0.311 e. The van der Waals surface area contributed by atoms with Crippen LogP contribution in [0.25, 0.3) is 0 Å². The first-order valence-electron chi connectivity index (χ1n) is 5.62. The van der Waals surface area contributed by atoms with Gasteiger partial charge < -0.3 is 5.32 Å². The van der Waals surface area contributed by atoms with Gasteiger partial charge in [-0.3, -0.25) is 0 Å². The van der Waals surface area contributed by atoms with Crippen molar-refractivity contribution in [3.63, 3.8) is 0 Å². The molecule has 0 spiro atoms. The molecule has 0 aliphatic heterocycles. The van der Waals surface area contributed by atoms with E-state index in [-0.39, 0.29) is 12.0 Å². The smallest absolute Gasteiger partial charge is 0.126 e. The first-order valence-corrected chi connectivity index (χ1v) is 5.62. The molecule has 0 saturated carbocycles. The normalized spacial score (nSPS) is 15.2. The molecule has 0 aliphatic carbocycles. The number of halogens is 2. The number of rotatable bonds is 4. The Bertz CT molecular complexity index is 330. The van der Waals surface area contributed by atoms with Crippen LogP contribution in [0, 0.1) is 11.6 Å². The van der Waals surface area contributed by atoms with E-state index < -0.39 is 11.6 Å². The summed E-state index contributed by atoms with van der Waals surface area (Å²) in [4.78, 5) is 0. The fourth-order valence-electron chi connectivity index (χ4n) is 1.80. The van der Waals surface area contributed by atoms with Crippen molar-refractivity contribution in [2.75, 3.05) is 0 Å². The van der Waals surface area contributed by atoms with Crippen molar-refractivity contribution in [2.24, 2.45) is 0 Å². The molecule has 0 bridgehead atoms. The van der Waals surface area contributed by atoms with Crippen LogP contribution in [0.3, 0.4) is 0 Å². The second kappa shape index (κ2) is 5.39. The Balaban J connectivity index is 2.82. The predicted molar refractivity (Wildman–Crippen MR) is 62.5 cm³/mol. The molecule has 0 amide bonds. The molecule has 16 heavy (non-hydrogen) atoms. The molecule has 1 rings (SSSR count). The van der Waals surface area contributed by atoms with E-state index in [1.165, 1.54) is 12.1 Å². The monoisotopic (exact) mass is 227 g/mol. The van der Waals surface area contributed by atoms with Gasteiger partial charge >= 0.3 is 0 Å². The summed E-state index contributed by atoms with van der Waals surface area (Å²) in [5.74, 6) is -0.954. The highest BCUT2D eigenvalue weighted by atomic mass is 19.1. The van der Waals surface area contributed by atoms with Crippen LogP contribution < -0.4 is 5.32 Å². The summed E-state index contributed by atoms with van der Waals surface area (Å²) in [5, 5.41) is 3.33. The molecule has 2 atom stereocenters. The van der Waals surface area contributed by atoms with Crippen LogP contribution in [-0.4, -0.2) is 12.1 Å². The Labute approximate surface area is 95.9 Å². The Morgan fingerprint density at radius 1 is 0.938 bits per heavy atom. The van der Waals surface area contributed by atoms with E-state index in [0.717, 1.165) is 6.07 Å². The second-order valence-corrected chi connectivity index (χ2v) is 4.60. The molecule has 0 fully saturated rings. The zero-order valence-corrected chi connectivity index (χ0v) is 10.2. The Morgan fingerprint density at radius 2 is 1.44 bits per heavy atom. The molecule has 1 nitrogen and oxygen atoms in total. The summed E-state index contributed by atoms with van der Waals surface area (Å²) in [5.41, 5.74) is 0.693. The molecule has 0 aliphatic rings. The van der Waals surface area contributed by atoms with Gasteiger partial charge in [-0.1, -0.05) is 20.8 Å². The van der Waals surface area contributed by atoms with Crippen molar-refractivity contribution in [3.8, 4) is 0 Å². The zero-order chi connectivity index (χ0) is 12.3. The van der Waals surface area contributed by atoms with Gasteiger partial charge in [0.15, 0.2) is 0 Å². The van der Waals surface area contributed by atoms with Crippen molar-refractivity contribution in [1.29, 1.82) is 0 Å². The standard InChI is InChI=1S/C13H19F2N/c1-8(2)16-10(4)9(3)11-5-12(14)7-13(15)6-11/h5-10,16H,1-4H3. The number of hydrogen-bond donors (Lipinski definition) is 1. The molecule has 0 heterocycles. The van der Waals surface area contributed by atoms with E-state index in [2.05, 4.69) is 19.2 Å². The Hall–Kier alpha value is -0.960. The van der Waals surface area contributed by atoms with Gasteiger partial charge in [0.1, 0.15) is 11.6 Å². The van der Waals surface area contributed by atoms with Gasteiger partial charge in [0.05, 0.1) is 0 Å². The maximum Gasteiger partial charge on any atom is 0.126 e. The first-order chi connectivity index (χ1) is 7.40. The summed E-state index contributed by atoms with van der Waals surface area (Å²) in [7, 11) is 0. The summed E-state index contributed by atoms with van der Waals surface area (Å²) >= 11 is 0. The van der Waals surface area contributed by atoms with Crippen LogP contribution >= 0.6 is 0 Å². The topological polar surface area (TPSA) is 12.0 Å². The van der Waals surface area contributed by atoms with Crippen molar-refractivity contribution >= 4 is 0 Å². The highest BCUT2D eigenvalue weighted by Gasteiger charge is 2.16. The number of hydrogen-bond acceptors (Lipinski definition) is 1. The minimum Gasteiger partial charge on any atom is -0.311 e. The molecule has 1 N–H and O–H groups in total. The maximum absolute atomic E-state index is 13.1. The lowest BCUT2D eigenvalue weighted by atomic mass is 9.94. The van der Waals surface area contributed by atoms with Crippen LogP contribution in [0.4, 0.5) is 8.78 Å². The molecule has 3 heteroatoms. The molecule has 0 saturated heterocycles. The van der Waals surface area contributed by atoms with Crippen molar-refractivity contribution < 1.29 is 8.78 Å². The van der Waals surface area contributed by atoms with Gasteiger partial charge in [-0.25, -0.2) is 8.78 Å². The van der Waals surface area contributed by atoms with Crippen molar-refractivity contribution in [2.45, 2.75) is 45.7 Å². The summed E-state index contributed by atoms with van der Waals surface area (Å²) in [6, 6.07) is 4.23. The summed E-state index contributed by atoms with van der Waals surface area (Å²) in [6.07, 6.45) is 0. The van der Waals surface area contributed by atoms with Gasteiger partial charge in [0.2, 0.25) is 0 Å². The fraction of sp³-hybridized carbons (Fsp3) is 0.538. The lowest BCUT2D eigenvalue weighted by molar-refractivity contribution is 0.437. The van der Waals surface area contributed by atoms with Crippen LogP contribution in [-0.2, 0) is 0 Å². The average molecular weight is 227 g/mol. The highest BCUT2D eigenvalue weighted by Crippen LogP contribution is 2.21. The third-order valence-corrected chi connectivity index (χ3v) is 2.76. The summed E-state index contributed by atoms with van der Waals surface area (Å²) in [6.45, 7) is 8.09. The van der Waals surface area contributed by atoms with Crippen LogP contribution in [0.1, 0.15) is 39.2 Å². The van der Waals surface area contributed by atoms with E-state index in [1.54, 1.807) is 0 Å². The minimum absolute atomic E-state index is 0.0765. The van der Waals surface area contributed by atoms with Gasteiger partial charge in [-0.2, -0.15) is 0 Å². The van der Waals surface area contributed by atoms with Gasteiger partial charge in [0.25, 0.3) is 0 Å². The molecule has 1 aromatic rings. The molecular weight excluding hydrogens is 208 g/mol. The molecule has 90 valence electrons. The number of nitrogens with one attached hydrogen (secondary N) is 1. The molecular formula is C13H19F2N. The quantitative estimate of drug-likeness (QED) is 0.830. The van der Waals surface area contributed by atoms with Crippen LogP contribution in [0.15, 0.2) is 18.2 Å². The highest BCUT2D eigenvalue weighted by molar-refractivity contribution is 5.22. The van der Waals surface area contributed by atoms with E-state index >= 15 is 0 Å². The van der Waals surface area contributed by atoms with Crippen molar-refractivity contribution in [3.05, 3.63) is 35.4 Å². The third kappa shape index (κ3) is 3.56. The van der Waals surface area contributed by atoms with Gasteiger partial charge in [-0.15, -0.1) is 0 Å². The SMILES string of the molecule is CC(C)NC(C)C(C)c1cc(F)cc(F)c1. The Morgan fingerprint density at radius 3 is 1.88 bits per heavy atom. The molecule has 1 aromatic carbocycles. The predicted octanol–water partition coefficient (Wildman–Crippen LogP) is 3.45. The average Bonchev–Trinajstić information content (AvgIpc) is 2.13. The molecule has 0 radical (unpaired) electrons. The lowest BCUT2D eigenvalue weighted by Crippen LogP contribution is -2.36. The fourth-order valence-corrected chi connectivity index (χ4v) is 1.80. The first kappa shape index (κ1) is 13.1. The van der Waals surface area contributed by atoms with E-state index in [4.69, 9.17) is 0 Å². The van der Waals surface area contributed by atoms with Crippen LogP contribution in [0.2, 0.25) is 0 Å². The maximum atomic E-state index is 13.1. The van der Waals surface area contributed by atoms with Crippen LogP contribution in [0.5, 0.6) is 0 Å². The van der Waals surface area contributed by atoms with Crippen molar-refractivity contribution in [1.82, 2.24) is 5.32 Å². The second-order valence-electron chi connectivity index (χ2n) is 4.60.